The SMILES string of the molecule is CCc1ccc(COS(=O)(=O)C(F)(F)F)o1. The molecule has 0 amide bonds. The molecule has 0 bridgehead atoms. The molecule has 0 aromatic carbocycles. The average Bonchev–Trinajstić information content (AvgIpc) is 2.60. The predicted molar refractivity (Wildman–Crippen MR) is 47.8 cm³/mol. The van der Waals surface area contributed by atoms with Crippen LogP contribution in [0.2, 0.25) is 0 Å². The summed E-state index contributed by atoms with van der Waals surface area (Å²) in [6.07, 6.45) is 0.562. The van der Waals surface area contributed by atoms with Gasteiger partial charge >= 0.3 is 15.6 Å². The molecule has 0 aliphatic heterocycles. The maximum Gasteiger partial charge on any atom is 0.523 e. The Bertz CT molecular complexity index is 446. The van der Waals surface area contributed by atoms with Crippen molar-refractivity contribution < 1.29 is 30.2 Å². The highest BCUT2D eigenvalue weighted by Gasteiger charge is 2.47. The topological polar surface area (TPSA) is 56.5 Å². The highest BCUT2D eigenvalue weighted by atomic mass is 32.2. The maximum atomic E-state index is 11.9. The van der Waals surface area contributed by atoms with Gasteiger partial charge in [0.1, 0.15) is 18.1 Å². The molecule has 0 atom stereocenters. The number of rotatable bonds is 4. The van der Waals surface area contributed by atoms with E-state index in [9.17, 15) is 21.6 Å². The van der Waals surface area contributed by atoms with E-state index >= 15 is 0 Å². The van der Waals surface area contributed by atoms with E-state index in [1.54, 1.807) is 13.0 Å². The Kier molecular flexibility index (Phi) is 3.64. The molecule has 0 unspecified atom stereocenters. The van der Waals surface area contributed by atoms with Gasteiger partial charge in [0.05, 0.1) is 0 Å². The third-order valence-corrected chi connectivity index (χ3v) is 2.70. The molecule has 0 radical (unpaired) electrons. The lowest BCUT2D eigenvalue weighted by molar-refractivity contribution is -0.0551. The average molecular weight is 258 g/mol. The van der Waals surface area contributed by atoms with Crippen LogP contribution in [0.25, 0.3) is 0 Å². The molecule has 1 aromatic rings. The smallest absolute Gasteiger partial charge is 0.464 e. The van der Waals surface area contributed by atoms with Crippen LogP contribution in [0.5, 0.6) is 0 Å². The summed E-state index contributed by atoms with van der Waals surface area (Å²) in [5.41, 5.74) is -5.41. The van der Waals surface area contributed by atoms with Crippen LogP contribution < -0.4 is 0 Å². The molecular formula is C8H9F3O4S. The Morgan fingerprint density at radius 1 is 1.31 bits per heavy atom. The van der Waals surface area contributed by atoms with E-state index in [2.05, 4.69) is 4.18 Å². The van der Waals surface area contributed by atoms with Gasteiger partial charge in [-0.25, -0.2) is 0 Å². The first kappa shape index (κ1) is 13.0. The number of hydrogen-bond acceptors (Lipinski definition) is 4. The van der Waals surface area contributed by atoms with Crippen molar-refractivity contribution >= 4 is 10.1 Å². The quantitative estimate of drug-likeness (QED) is 0.613. The number of alkyl halides is 3. The van der Waals surface area contributed by atoms with E-state index in [1.807, 2.05) is 0 Å². The van der Waals surface area contributed by atoms with Crippen molar-refractivity contribution in [2.75, 3.05) is 0 Å². The summed E-state index contributed by atoms with van der Waals surface area (Å²) >= 11 is 0. The molecule has 4 nitrogen and oxygen atoms in total. The van der Waals surface area contributed by atoms with Crippen LogP contribution in [0.1, 0.15) is 18.4 Å². The molecule has 0 spiro atoms. The Morgan fingerprint density at radius 3 is 2.31 bits per heavy atom. The largest absolute Gasteiger partial charge is 0.523 e. The van der Waals surface area contributed by atoms with Crippen molar-refractivity contribution in [2.45, 2.75) is 25.5 Å². The van der Waals surface area contributed by atoms with E-state index in [0.29, 0.717) is 12.2 Å². The molecule has 16 heavy (non-hydrogen) atoms. The molecule has 0 aliphatic carbocycles. The first-order valence-corrected chi connectivity index (χ1v) is 5.70. The minimum absolute atomic E-state index is 0.0321. The molecule has 0 saturated carbocycles. The van der Waals surface area contributed by atoms with Gasteiger partial charge in [0.25, 0.3) is 0 Å². The minimum Gasteiger partial charge on any atom is -0.464 e. The van der Waals surface area contributed by atoms with Crippen molar-refractivity contribution in [3.05, 3.63) is 23.7 Å². The summed E-state index contributed by atoms with van der Waals surface area (Å²) in [6.45, 7) is 1.03. The molecule has 8 heteroatoms. The monoisotopic (exact) mass is 258 g/mol. The van der Waals surface area contributed by atoms with Gasteiger partial charge in [0.15, 0.2) is 0 Å². The zero-order valence-corrected chi connectivity index (χ0v) is 9.06. The Morgan fingerprint density at radius 2 is 1.88 bits per heavy atom. The highest BCUT2D eigenvalue weighted by Crippen LogP contribution is 2.25. The Labute approximate surface area is 90.1 Å². The van der Waals surface area contributed by atoms with E-state index in [1.165, 1.54) is 6.07 Å². The summed E-state index contributed by atoms with van der Waals surface area (Å²) in [5.74, 6) is 0.577. The zero-order chi connectivity index (χ0) is 12.4. The van der Waals surface area contributed by atoms with Gasteiger partial charge in [-0.2, -0.15) is 21.6 Å². The lowest BCUT2D eigenvalue weighted by Gasteiger charge is -2.06. The zero-order valence-electron chi connectivity index (χ0n) is 8.24. The second kappa shape index (κ2) is 4.46. The van der Waals surface area contributed by atoms with E-state index in [-0.39, 0.29) is 5.76 Å². The maximum absolute atomic E-state index is 11.9. The number of hydrogen-bond donors (Lipinski definition) is 0. The third kappa shape index (κ3) is 2.99. The first-order chi connectivity index (χ1) is 7.26. The van der Waals surface area contributed by atoms with Crippen molar-refractivity contribution in [1.29, 1.82) is 0 Å². The normalized spacial score (nSPS) is 13.0. The van der Waals surface area contributed by atoms with Crippen molar-refractivity contribution in [3.8, 4) is 0 Å². The lowest BCUT2D eigenvalue weighted by atomic mass is 10.4. The Hall–Kier alpha value is -1.02. The second-order valence-electron chi connectivity index (χ2n) is 2.88. The first-order valence-electron chi connectivity index (χ1n) is 4.29. The van der Waals surface area contributed by atoms with Crippen LogP contribution in [-0.4, -0.2) is 13.9 Å². The van der Waals surface area contributed by atoms with Crippen molar-refractivity contribution in [1.82, 2.24) is 0 Å². The van der Waals surface area contributed by atoms with Crippen LogP contribution in [0.4, 0.5) is 13.2 Å². The predicted octanol–water partition coefficient (Wildman–Crippen LogP) is 2.21. The van der Waals surface area contributed by atoms with Crippen LogP contribution >= 0.6 is 0 Å². The van der Waals surface area contributed by atoms with Gasteiger partial charge in [0.2, 0.25) is 0 Å². The van der Waals surface area contributed by atoms with Crippen LogP contribution in [0, 0.1) is 0 Å². The van der Waals surface area contributed by atoms with Gasteiger partial charge in [0, 0.05) is 6.42 Å². The standard InChI is InChI=1S/C8H9F3O4S/c1-2-6-3-4-7(15-6)5-14-16(12,13)8(9,10)11/h3-4H,2,5H2,1H3. The number of halogens is 3. The summed E-state index contributed by atoms with van der Waals surface area (Å²) in [5, 5.41) is 0. The molecule has 0 aliphatic rings. The number of furan rings is 1. The fraction of sp³-hybridized carbons (Fsp3) is 0.500. The summed E-state index contributed by atoms with van der Waals surface area (Å²) < 4.78 is 65.4. The van der Waals surface area contributed by atoms with Gasteiger partial charge in [-0.1, -0.05) is 6.92 Å². The number of aryl methyl sites for hydroxylation is 1. The molecule has 0 N–H and O–H groups in total. The molecule has 92 valence electrons. The molecule has 0 saturated heterocycles. The van der Waals surface area contributed by atoms with Crippen LogP contribution in [0.15, 0.2) is 16.5 Å². The van der Waals surface area contributed by atoms with Gasteiger partial charge in [-0.15, -0.1) is 0 Å². The molecule has 0 fully saturated rings. The van der Waals surface area contributed by atoms with Crippen LogP contribution in [0.3, 0.4) is 0 Å². The lowest BCUT2D eigenvalue weighted by Crippen LogP contribution is -2.25. The fourth-order valence-electron chi connectivity index (χ4n) is 0.892. The summed E-state index contributed by atoms with van der Waals surface area (Å²) in [6, 6.07) is 2.91. The Balaban J connectivity index is 2.65. The fourth-order valence-corrected chi connectivity index (χ4v) is 1.30. The highest BCUT2D eigenvalue weighted by molar-refractivity contribution is 7.87. The van der Waals surface area contributed by atoms with E-state index < -0.39 is 22.2 Å². The molecule has 1 aromatic heterocycles. The van der Waals surface area contributed by atoms with Gasteiger partial charge in [-0.3, -0.25) is 4.18 Å². The van der Waals surface area contributed by atoms with E-state index in [0.717, 1.165) is 0 Å². The summed E-state index contributed by atoms with van der Waals surface area (Å²) in [7, 11) is -5.55. The third-order valence-electron chi connectivity index (χ3n) is 1.71. The molecule has 1 heterocycles. The van der Waals surface area contributed by atoms with Crippen molar-refractivity contribution in [2.24, 2.45) is 0 Å². The van der Waals surface area contributed by atoms with E-state index in [4.69, 9.17) is 4.42 Å². The minimum atomic E-state index is -5.55. The summed E-state index contributed by atoms with van der Waals surface area (Å²) in [4.78, 5) is 0. The second-order valence-corrected chi connectivity index (χ2v) is 4.49. The van der Waals surface area contributed by atoms with Gasteiger partial charge in [-0.05, 0) is 12.1 Å². The molecule has 1 rings (SSSR count). The molecular weight excluding hydrogens is 249 g/mol. The van der Waals surface area contributed by atoms with Crippen LogP contribution in [-0.2, 0) is 27.3 Å². The van der Waals surface area contributed by atoms with Crippen molar-refractivity contribution in [3.63, 3.8) is 0 Å². The van der Waals surface area contributed by atoms with Gasteiger partial charge < -0.3 is 4.42 Å².